The summed E-state index contributed by atoms with van der Waals surface area (Å²) >= 11 is 1.60. The molecule has 6 heteroatoms. The van der Waals surface area contributed by atoms with Gasteiger partial charge in [-0.3, -0.25) is 9.78 Å². The summed E-state index contributed by atoms with van der Waals surface area (Å²) in [6.07, 6.45) is 7.34. The molecule has 0 aliphatic heterocycles. The van der Waals surface area contributed by atoms with E-state index in [1.54, 1.807) is 17.5 Å². The highest BCUT2D eigenvalue weighted by molar-refractivity contribution is 7.09. The summed E-state index contributed by atoms with van der Waals surface area (Å²) in [4.78, 5) is 21.2. The van der Waals surface area contributed by atoms with Gasteiger partial charge in [0, 0.05) is 24.5 Å². The predicted octanol–water partition coefficient (Wildman–Crippen LogP) is 2.53. The lowest BCUT2D eigenvalue weighted by Crippen LogP contribution is -2.55. The van der Waals surface area contributed by atoms with E-state index >= 15 is 0 Å². The van der Waals surface area contributed by atoms with E-state index in [0.717, 1.165) is 48.5 Å². The first-order valence-electron chi connectivity index (χ1n) is 8.10. The summed E-state index contributed by atoms with van der Waals surface area (Å²) in [7, 11) is 0. The van der Waals surface area contributed by atoms with Crippen LogP contribution >= 0.6 is 11.3 Å². The Morgan fingerprint density at radius 1 is 1.26 bits per heavy atom. The van der Waals surface area contributed by atoms with E-state index in [0.29, 0.717) is 6.54 Å². The van der Waals surface area contributed by atoms with Gasteiger partial charge in [0.1, 0.15) is 0 Å². The molecule has 0 spiro atoms. The molecule has 3 rings (SSSR count). The van der Waals surface area contributed by atoms with Gasteiger partial charge in [0.2, 0.25) is 5.91 Å². The van der Waals surface area contributed by atoms with Crippen LogP contribution in [0.3, 0.4) is 0 Å². The highest BCUT2D eigenvalue weighted by Gasteiger charge is 2.34. The van der Waals surface area contributed by atoms with Crippen LogP contribution in [-0.4, -0.2) is 28.0 Å². The maximum absolute atomic E-state index is 12.3. The van der Waals surface area contributed by atoms with Gasteiger partial charge in [0.25, 0.3) is 0 Å². The van der Waals surface area contributed by atoms with Crippen LogP contribution in [0.15, 0.2) is 29.8 Å². The minimum atomic E-state index is -0.666. The SMILES string of the molecule is NC1(C(=O)NCCc2nc(-c3ccccn3)cs2)CCCCC1. The van der Waals surface area contributed by atoms with Crippen molar-refractivity contribution in [1.82, 2.24) is 15.3 Å². The number of aromatic nitrogens is 2. The van der Waals surface area contributed by atoms with E-state index in [1.807, 2.05) is 23.6 Å². The summed E-state index contributed by atoms with van der Waals surface area (Å²) in [6.45, 7) is 0.576. The molecule has 2 heterocycles. The second-order valence-electron chi connectivity index (χ2n) is 6.06. The van der Waals surface area contributed by atoms with Crippen molar-refractivity contribution < 1.29 is 4.79 Å². The monoisotopic (exact) mass is 330 g/mol. The van der Waals surface area contributed by atoms with Gasteiger partial charge in [-0.2, -0.15) is 0 Å². The Morgan fingerprint density at radius 2 is 2.09 bits per heavy atom. The second-order valence-corrected chi connectivity index (χ2v) is 7.01. The molecule has 0 saturated heterocycles. The fraction of sp³-hybridized carbons (Fsp3) is 0.471. The van der Waals surface area contributed by atoms with Crippen molar-refractivity contribution in [2.45, 2.75) is 44.1 Å². The highest BCUT2D eigenvalue weighted by atomic mass is 32.1. The van der Waals surface area contributed by atoms with Gasteiger partial charge in [0.05, 0.1) is 21.9 Å². The second kappa shape index (κ2) is 7.19. The van der Waals surface area contributed by atoms with Crippen molar-refractivity contribution in [2.24, 2.45) is 5.73 Å². The van der Waals surface area contributed by atoms with Gasteiger partial charge in [-0.15, -0.1) is 11.3 Å². The molecule has 1 saturated carbocycles. The topological polar surface area (TPSA) is 80.9 Å². The number of amides is 1. The van der Waals surface area contributed by atoms with Crippen LogP contribution in [0.5, 0.6) is 0 Å². The Bertz CT molecular complexity index is 650. The number of nitrogens with zero attached hydrogens (tertiary/aromatic N) is 2. The summed E-state index contributed by atoms with van der Waals surface area (Å²) in [5, 5.41) is 5.98. The lowest BCUT2D eigenvalue weighted by atomic mass is 9.82. The van der Waals surface area contributed by atoms with Crippen molar-refractivity contribution in [3.63, 3.8) is 0 Å². The summed E-state index contributed by atoms with van der Waals surface area (Å²) < 4.78 is 0. The summed E-state index contributed by atoms with van der Waals surface area (Å²) in [6, 6.07) is 5.79. The zero-order valence-corrected chi connectivity index (χ0v) is 13.9. The Balaban J connectivity index is 1.51. The first kappa shape index (κ1) is 16.1. The van der Waals surface area contributed by atoms with E-state index in [1.165, 1.54) is 6.42 Å². The van der Waals surface area contributed by atoms with Crippen LogP contribution in [0.25, 0.3) is 11.4 Å². The molecule has 0 atom stereocenters. The molecule has 0 aromatic carbocycles. The van der Waals surface area contributed by atoms with Crippen molar-refractivity contribution in [3.05, 3.63) is 34.8 Å². The average Bonchev–Trinajstić information content (AvgIpc) is 3.05. The van der Waals surface area contributed by atoms with Crippen LogP contribution < -0.4 is 11.1 Å². The van der Waals surface area contributed by atoms with Crippen LogP contribution in [0, 0.1) is 0 Å². The number of rotatable bonds is 5. The molecule has 0 radical (unpaired) electrons. The quantitative estimate of drug-likeness (QED) is 0.883. The third-order valence-electron chi connectivity index (χ3n) is 4.30. The smallest absolute Gasteiger partial charge is 0.240 e. The molecule has 1 aliphatic carbocycles. The molecule has 1 aliphatic rings. The summed E-state index contributed by atoms with van der Waals surface area (Å²) in [5.74, 6) is -0.0151. The van der Waals surface area contributed by atoms with E-state index in [9.17, 15) is 4.79 Å². The van der Waals surface area contributed by atoms with Crippen LogP contribution in [0.2, 0.25) is 0 Å². The molecular formula is C17H22N4OS. The lowest BCUT2D eigenvalue weighted by Gasteiger charge is -2.31. The molecule has 0 bridgehead atoms. The van der Waals surface area contributed by atoms with Crippen molar-refractivity contribution >= 4 is 17.2 Å². The Morgan fingerprint density at radius 3 is 2.83 bits per heavy atom. The van der Waals surface area contributed by atoms with Crippen LogP contribution in [0.4, 0.5) is 0 Å². The Hall–Kier alpha value is -1.79. The molecule has 2 aromatic heterocycles. The number of thiazole rings is 1. The Labute approximate surface area is 140 Å². The molecule has 1 amide bonds. The molecule has 23 heavy (non-hydrogen) atoms. The number of hydrogen-bond donors (Lipinski definition) is 2. The van der Waals surface area contributed by atoms with Gasteiger partial charge in [-0.25, -0.2) is 4.98 Å². The highest BCUT2D eigenvalue weighted by Crippen LogP contribution is 2.26. The molecule has 3 N–H and O–H groups in total. The lowest BCUT2D eigenvalue weighted by molar-refractivity contribution is -0.127. The van der Waals surface area contributed by atoms with E-state index < -0.39 is 5.54 Å². The molecule has 122 valence electrons. The first-order chi connectivity index (χ1) is 11.2. The number of hydrogen-bond acceptors (Lipinski definition) is 5. The van der Waals surface area contributed by atoms with Gasteiger partial charge >= 0.3 is 0 Å². The average molecular weight is 330 g/mol. The summed E-state index contributed by atoms with van der Waals surface area (Å²) in [5.41, 5.74) is 7.33. The minimum absolute atomic E-state index is 0.0151. The van der Waals surface area contributed by atoms with Crippen LogP contribution in [-0.2, 0) is 11.2 Å². The fourth-order valence-corrected chi connectivity index (χ4v) is 3.72. The third kappa shape index (κ3) is 3.95. The molecule has 0 unspecified atom stereocenters. The van der Waals surface area contributed by atoms with Gasteiger partial charge in [-0.05, 0) is 25.0 Å². The van der Waals surface area contributed by atoms with Crippen molar-refractivity contribution in [2.75, 3.05) is 6.54 Å². The normalized spacial score (nSPS) is 16.9. The Kier molecular flexibility index (Phi) is 5.03. The minimum Gasteiger partial charge on any atom is -0.354 e. The largest absolute Gasteiger partial charge is 0.354 e. The van der Waals surface area contributed by atoms with Crippen molar-refractivity contribution in [3.8, 4) is 11.4 Å². The van der Waals surface area contributed by atoms with Gasteiger partial charge < -0.3 is 11.1 Å². The first-order valence-corrected chi connectivity index (χ1v) is 8.98. The molecular weight excluding hydrogens is 308 g/mol. The number of pyridine rings is 1. The van der Waals surface area contributed by atoms with Gasteiger partial charge in [-0.1, -0.05) is 25.3 Å². The van der Waals surface area contributed by atoms with E-state index in [4.69, 9.17) is 5.73 Å². The van der Waals surface area contributed by atoms with E-state index in [-0.39, 0.29) is 5.91 Å². The van der Waals surface area contributed by atoms with Crippen LogP contribution in [0.1, 0.15) is 37.1 Å². The molecule has 1 fully saturated rings. The number of carbonyl (C=O) groups excluding carboxylic acids is 1. The number of nitrogens with one attached hydrogen (secondary N) is 1. The van der Waals surface area contributed by atoms with E-state index in [2.05, 4.69) is 15.3 Å². The third-order valence-corrected chi connectivity index (χ3v) is 5.21. The van der Waals surface area contributed by atoms with Gasteiger partial charge in [0.15, 0.2) is 0 Å². The van der Waals surface area contributed by atoms with Crippen molar-refractivity contribution in [1.29, 1.82) is 0 Å². The maximum Gasteiger partial charge on any atom is 0.240 e. The molecule has 5 nitrogen and oxygen atoms in total. The zero-order valence-electron chi connectivity index (χ0n) is 13.1. The standard InChI is InChI=1S/C17H22N4OS/c18-17(8-3-1-4-9-17)16(22)20-11-7-15-21-14(12-23-15)13-6-2-5-10-19-13/h2,5-6,10,12H,1,3-4,7-9,11,18H2,(H,20,22). The number of nitrogens with two attached hydrogens (primary N) is 1. The fourth-order valence-electron chi connectivity index (χ4n) is 2.93. The number of carbonyl (C=O) groups is 1. The predicted molar refractivity (Wildman–Crippen MR) is 92.1 cm³/mol. The zero-order chi connectivity index (χ0) is 16.1. The molecule has 2 aromatic rings. The maximum atomic E-state index is 12.3.